The third kappa shape index (κ3) is 3.14. The number of nitrogens with one attached hydrogen (secondary N) is 2. The van der Waals surface area contributed by atoms with Gasteiger partial charge in [-0.1, -0.05) is 24.3 Å². The van der Waals surface area contributed by atoms with Crippen LogP contribution in [0.15, 0.2) is 51.2 Å². The van der Waals surface area contributed by atoms with E-state index in [-0.39, 0.29) is 0 Å². The molecule has 0 aliphatic carbocycles. The summed E-state index contributed by atoms with van der Waals surface area (Å²) in [6.07, 6.45) is 0. The van der Waals surface area contributed by atoms with Crippen LogP contribution < -0.4 is 10.6 Å². The third-order valence-electron chi connectivity index (χ3n) is 3.59. The Morgan fingerprint density at radius 3 is 2.68 bits per heavy atom. The largest absolute Gasteiger partial charge is 0.459 e. The van der Waals surface area contributed by atoms with Crippen molar-refractivity contribution in [3.63, 3.8) is 0 Å². The van der Waals surface area contributed by atoms with E-state index < -0.39 is 0 Å². The average molecular weight is 313 g/mol. The zero-order valence-corrected chi connectivity index (χ0v) is 13.5. The van der Waals surface area contributed by atoms with Crippen molar-refractivity contribution >= 4 is 28.3 Å². The molecule has 0 saturated carbocycles. The Balaban J connectivity index is 1.63. The van der Waals surface area contributed by atoms with Crippen molar-refractivity contribution in [3.05, 3.63) is 58.0 Å². The van der Waals surface area contributed by atoms with E-state index in [0.29, 0.717) is 6.54 Å². The van der Waals surface area contributed by atoms with Crippen molar-refractivity contribution in [1.29, 1.82) is 0 Å². The minimum Gasteiger partial charge on any atom is -0.459 e. The first-order chi connectivity index (χ1) is 10.8. The summed E-state index contributed by atoms with van der Waals surface area (Å²) in [7, 11) is 1.77. The zero-order valence-electron chi connectivity index (χ0n) is 12.7. The number of guanidine groups is 1. The molecule has 2 N–H and O–H groups in total. The molecule has 0 radical (unpaired) electrons. The predicted octanol–water partition coefficient (Wildman–Crippen LogP) is 3.67. The van der Waals surface area contributed by atoms with Crippen molar-refractivity contribution in [3.8, 4) is 0 Å². The van der Waals surface area contributed by atoms with Gasteiger partial charge in [-0.25, -0.2) is 0 Å². The molecule has 0 aliphatic rings. The number of rotatable bonds is 4. The van der Waals surface area contributed by atoms with E-state index in [4.69, 9.17) is 4.42 Å². The second-order valence-corrected chi connectivity index (χ2v) is 6.04. The van der Waals surface area contributed by atoms with Crippen LogP contribution in [0.5, 0.6) is 0 Å². The van der Waals surface area contributed by atoms with Gasteiger partial charge in [-0.05, 0) is 24.4 Å². The minimum absolute atomic E-state index is 0.616. The Kier molecular flexibility index (Phi) is 4.44. The molecule has 3 rings (SSSR count). The van der Waals surface area contributed by atoms with E-state index in [1.807, 2.05) is 18.2 Å². The van der Waals surface area contributed by atoms with Gasteiger partial charge in [0.25, 0.3) is 0 Å². The summed E-state index contributed by atoms with van der Waals surface area (Å²) in [4.78, 5) is 5.52. The molecule has 0 atom stereocenters. The monoisotopic (exact) mass is 313 g/mol. The van der Waals surface area contributed by atoms with Crippen LogP contribution in [0.3, 0.4) is 0 Å². The first-order valence-corrected chi connectivity index (χ1v) is 8.10. The molecule has 3 aromatic rings. The lowest BCUT2D eigenvalue weighted by molar-refractivity contribution is 0.534. The van der Waals surface area contributed by atoms with E-state index >= 15 is 0 Å². The van der Waals surface area contributed by atoms with Crippen LogP contribution in [-0.4, -0.2) is 13.0 Å². The van der Waals surface area contributed by atoms with Crippen LogP contribution in [0.2, 0.25) is 0 Å². The molecule has 0 unspecified atom stereocenters. The van der Waals surface area contributed by atoms with Gasteiger partial charge >= 0.3 is 0 Å². The lowest BCUT2D eigenvalue weighted by Gasteiger charge is -2.10. The second kappa shape index (κ2) is 6.66. The van der Waals surface area contributed by atoms with Crippen molar-refractivity contribution in [1.82, 2.24) is 10.6 Å². The number of aryl methyl sites for hydroxylation is 1. The molecule has 0 spiro atoms. The van der Waals surface area contributed by atoms with E-state index in [1.165, 1.54) is 15.8 Å². The summed E-state index contributed by atoms with van der Waals surface area (Å²) in [6, 6.07) is 12.3. The number of furan rings is 1. The van der Waals surface area contributed by atoms with Crippen LogP contribution in [0.4, 0.5) is 0 Å². The maximum atomic E-state index is 5.90. The fourth-order valence-electron chi connectivity index (χ4n) is 2.36. The summed E-state index contributed by atoms with van der Waals surface area (Å²) >= 11 is 1.73. The highest BCUT2D eigenvalue weighted by Gasteiger charge is 2.10. The molecule has 0 amide bonds. The van der Waals surface area contributed by atoms with E-state index in [2.05, 4.69) is 46.1 Å². The third-order valence-corrected chi connectivity index (χ3v) is 4.47. The van der Waals surface area contributed by atoms with Crippen molar-refractivity contribution in [2.45, 2.75) is 20.0 Å². The number of thiophene rings is 1. The average Bonchev–Trinajstić information content (AvgIpc) is 3.17. The molecule has 22 heavy (non-hydrogen) atoms. The van der Waals surface area contributed by atoms with Crippen LogP contribution in [-0.2, 0) is 13.1 Å². The molecule has 2 aromatic heterocycles. The summed E-state index contributed by atoms with van der Waals surface area (Å²) in [5.41, 5.74) is 2.11. The molecular formula is C17H19N3OS. The van der Waals surface area contributed by atoms with Crippen LogP contribution in [0, 0.1) is 6.92 Å². The topological polar surface area (TPSA) is 49.6 Å². The normalized spacial score (nSPS) is 11.8. The molecule has 5 heteroatoms. The Bertz CT molecular complexity index is 774. The molecule has 0 fully saturated rings. The summed E-state index contributed by atoms with van der Waals surface area (Å²) in [5, 5.41) is 9.84. The molecule has 1 aromatic carbocycles. The summed E-state index contributed by atoms with van der Waals surface area (Å²) in [5.74, 6) is 1.72. The lowest BCUT2D eigenvalue weighted by Crippen LogP contribution is -2.36. The van der Waals surface area contributed by atoms with Crippen LogP contribution >= 0.6 is 11.3 Å². The number of benzene rings is 1. The highest BCUT2D eigenvalue weighted by molar-refractivity contribution is 7.09. The van der Waals surface area contributed by atoms with Gasteiger partial charge < -0.3 is 15.1 Å². The summed E-state index contributed by atoms with van der Waals surface area (Å²) in [6.45, 7) is 3.48. The van der Waals surface area contributed by atoms with Gasteiger partial charge in [-0.2, -0.15) is 0 Å². The van der Waals surface area contributed by atoms with Gasteiger partial charge in [0.2, 0.25) is 0 Å². The smallest absolute Gasteiger partial charge is 0.191 e. The molecule has 4 nitrogen and oxygen atoms in total. The van der Waals surface area contributed by atoms with Gasteiger partial charge in [0.05, 0.1) is 13.1 Å². The predicted molar refractivity (Wildman–Crippen MR) is 92.3 cm³/mol. The zero-order chi connectivity index (χ0) is 15.4. The number of nitrogens with zero attached hydrogens (tertiary/aromatic N) is 1. The second-order valence-electron chi connectivity index (χ2n) is 5.01. The molecule has 114 valence electrons. The maximum absolute atomic E-state index is 5.90. The highest BCUT2D eigenvalue weighted by Crippen LogP contribution is 2.24. The van der Waals surface area contributed by atoms with Gasteiger partial charge in [-0.15, -0.1) is 11.3 Å². The van der Waals surface area contributed by atoms with Gasteiger partial charge in [-0.3, -0.25) is 4.99 Å². The van der Waals surface area contributed by atoms with Gasteiger partial charge in [0.1, 0.15) is 11.3 Å². The van der Waals surface area contributed by atoms with E-state index in [1.54, 1.807) is 18.4 Å². The number of fused-ring (bicyclic) bond motifs is 1. The van der Waals surface area contributed by atoms with Crippen molar-refractivity contribution in [2.75, 3.05) is 7.05 Å². The van der Waals surface area contributed by atoms with Gasteiger partial charge in [0, 0.05) is 22.9 Å². The van der Waals surface area contributed by atoms with Crippen molar-refractivity contribution in [2.24, 2.45) is 4.99 Å². The minimum atomic E-state index is 0.616. The first kappa shape index (κ1) is 14.7. The quantitative estimate of drug-likeness (QED) is 0.571. The molecule has 0 bridgehead atoms. The van der Waals surface area contributed by atoms with Crippen molar-refractivity contribution < 1.29 is 4.42 Å². The Labute approximate surface area is 133 Å². The molecule has 2 heterocycles. The summed E-state index contributed by atoms with van der Waals surface area (Å²) < 4.78 is 5.90. The number of hydrogen-bond donors (Lipinski definition) is 2. The molecule has 0 saturated heterocycles. The van der Waals surface area contributed by atoms with Crippen LogP contribution in [0.1, 0.15) is 16.2 Å². The first-order valence-electron chi connectivity index (χ1n) is 7.22. The number of aliphatic imine (C=N–C) groups is 1. The highest BCUT2D eigenvalue weighted by atomic mass is 32.1. The Hall–Kier alpha value is -2.27. The number of hydrogen-bond acceptors (Lipinski definition) is 3. The molecule has 0 aliphatic heterocycles. The lowest BCUT2D eigenvalue weighted by atomic mass is 10.1. The fourth-order valence-corrected chi connectivity index (χ4v) is 3.01. The molecular weight excluding hydrogens is 294 g/mol. The number of para-hydroxylation sites is 1. The Morgan fingerprint density at radius 2 is 1.95 bits per heavy atom. The van der Waals surface area contributed by atoms with E-state index in [9.17, 15) is 0 Å². The SMILES string of the molecule is CN=C(NCc1cccs1)NCc1oc2ccccc2c1C. The maximum Gasteiger partial charge on any atom is 0.191 e. The van der Waals surface area contributed by atoms with Crippen LogP contribution in [0.25, 0.3) is 11.0 Å². The Morgan fingerprint density at radius 1 is 1.14 bits per heavy atom. The standard InChI is InChI=1S/C17H19N3OS/c1-12-14-7-3-4-8-15(14)21-16(12)11-20-17(18-2)19-10-13-6-5-9-22-13/h3-9H,10-11H2,1-2H3,(H2,18,19,20). The van der Waals surface area contributed by atoms with E-state index in [0.717, 1.165) is 23.8 Å². The van der Waals surface area contributed by atoms with Gasteiger partial charge in [0.15, 0.2) is 5.96 Å². The fraction of sp³-hybridized carbons (Fsp3) is 0.235.